The van der Waals surface area contributed by atoms with Crippen molar-refractivity contribution in [2.45, 2.75) is 33.1 Å². The van der Waals surface area contributed by atoms with E-state index in [-0.39, 0.29) is 0 Å². The molecular weight excluding hydrogens is 126 g/mol. The Bertz CT molecular complexity index is 83.3. The monoisotopic (exact) mass is 143 g/mol. The van der Waals surface area contributed by atoms with Gasteiger partial charge in [-0.05, 0) is 12.3 Å². The Morgan fingerprint density at radius 2 is 2.20 bits per heavy atom. The molecule has 10 heavy (non-hydrogen) atoms. The van der Waals surface area contributed by atoms with E-state index in [9.17, 15) is 4.79 Å². The van der Waals surface area contributed by atoms with E-state index in [1.807, 2.05) is 0 Å². The van der Waals surface area contributed by atoms with Crippen LogP contribution in [-0.2, 0) is 4.79 Å². The van der Waals surface area contributed by atoms with Crippen LogP contribution >= 0.6 is 0 Å². The van der Waals surface area contributed by atoms with E-state index in [0.29, 0.717) is 0 Å². The average molecular weight is 143 g/mol. The first-order valence-electron chi connectivity index (χ1n) is 3.98. The number of hydrogen-bond acceptors (Lipinski definition) is 1. The summed E-state index contributed by atoms with van der Waals surface area (Å²) in [6.07, 6.45) is 4.37. The van der Waals surface area contributed by atoms with E-state index < -0.39 is 0 Å². The van der Waals surface area contributed by atoms with Gasteiger partial charge >= 0.3 is 0 Å². The summed E-state index contributed by atoms with van der Waals surface area (Å²) in [5, 5.41) is 2.66. The number of rotatable bonds is 6. The average Bonchev–Trinajstić information content (AvgIpc) is 1.89. The van der Waals surface area contributed by atoms with Crippen molar-refractivity contribution in [3.05, 3.63) is 0 Å². The first-order chi connectivity index (χ1) is 4.81. The summed E-state index contributed by atoms with van der Waals surface area (Å²) >= 11 is 0. The van der Waals surface area contributed by atoms with Gasteiger partial charge in [0.1, 0.15) is 0 Å². The van der Waals surface area contributed by atoms with E-state index in [4.69, 9.17) is 0 Å². The predicted molar refractivity (Wildman–Crippen MR) is 42.8 cm³/mol. The molecule has 2 nitrogen and oxygen atoms in total. The third kappa shape index (κ3) is 5.60. The van der Waals surface area contributed by atoms with Gasteiger partial charge in [-0.3, -0.25) is 4.79 Å². The van der Waals surface area contributed by atoms with Crippen LogP contribution in [0.5, 0.6) is 0 Å². The van der Waals surface area contributed by atoms with Crippen LogP contribution in [0, 0.1) is 5.92 Å². The Labute approximate surface area is 63.0 Å². The van der Waals surface area contributed by atoms with Crippen LogP contribution in [0.15, 0.2) is 0 Å². The van der Waals surface area contributed by atoms with E-state index in [2.05, 4.69) is 19.2 Å². The zero-order chi connectivity index (χ0) is 7.82. The fourth-order valence-corrected chi connectivity index (χ4v) is 1.03. The van der Waals surface area contributed by atoms with Crippen LogP contribution in [0.25, 0.3) is 0 Å². The molecule has 0 spiro atoms. The van der Waals surface area contributed by atoms with E-state index in [0.717, 1.165) is 25.3 Å². The van der Waals surface area contributed by atoms with Crippen LogP contribution in [0.4, 0.5) is 0 Å². The largest absolute Gasteiger partial charge is 0.359 e. The minimum absolute atomic E-state index is 0.748. The molecule has 2 heteroatoms. The maximum atomic E-state index is 9.83. The lowest BCUT2D eigenvalue weighted by Gasteiger charge is -2.07. The van der Waals surface area contributed by atoms with Crippen molar-refractivity contribution in [2.24, 2.45) is 5.92 Å². The summed E-state index contributed by atoms with van der Waals surface area (Å²) in [5.74, 6) is 0.748. The molecule has 0 aromatic heterocycles. The Kier molecular flexibility index (Phi) is 6.24. The molecule has 1 N–H and O–H groups in total. The van der Waals surface area contributed by atoms with Crippen molar-refractivity contribution in [2.75, 3.05) is 6.54 Å². The molecule has 0 aliphatic heterocycles. The topological polar surface area (TPSA) is 29.1 Å². The third-order valence-corrected chi connectivity index (χ3v) is 1.65. The predicted octanol–water partition coefficient (Wildman–Crippen LogP) is 1.56. The molecule has 0 aliphatic carbocycles. The van der Waals surface area contributed by atoms with Crippen LogP contribution < -0.4 is 5.32 Å². The maximum absolute atomic E-state index is 9.83. The molecule has 0 aliphatic rings. The van der Waals surface area contributed by atoms with Gasteiger partial charge in [0.25, 0.3) is 0 Å². The summed E-state index contributed by atoms with van der Waals surface area (Å²) in [4.78, 5) is 9.83. The standard InChI is InChI=1S/C8H17NO/c1-3-4-8(2)5-6-9-7-10/h7-8H,3-6H2,1-2H3,(H,9,10). The number of hydrogen-bond donors (Lipinski definition) is 1. The van der Waals surface area contributed by atoms with Crippen LogP contribution in [-0.4, -0.2) is 13.0 Å². The molecule has 1 atom stereocenters. The fourth-order valence-electron chi connectivity index (χ4n) is 1.03. The first-order valence-corrected chi connectivity index (χ1v) is 3.98. The molecule has 0 radical (unpaired) electrons. The van der Waals surface area contributed by atoms with Gasteiger partial charge in [-0.2, -0.15) is 0 Å². The SMILES string of the molecule is CCCC(C)CCNC=O. The highest BCUT2D eigenvalue weighted by atomic mass is 16.1. The summed E-state index contributed by atoms with van der Waals surface area (Å²) < 4.78 is 0. The van der Waals surface area contributed by atoms with Gasteiger partial charge in [0, 0.05) is 6.54 Å². The second-order valence-electron chi connectivity index (χ2n) is 2.75. The van der Waals surface area contributed by atoms with Crippen LogP contribution in [0.1, 0.15) is 33.1 Å². The highest BCUT2D eigenvalue weighted by molar-refractivity contribution is 5.45. The Hall–Kier alpha value is -0.530. The van der Waals surface area contributed by atoms with Crippen molar-refractivity contribution in [3.63, 3.8) is 0 Å². The van der Waals surface area contributed by atoms with E-state index in [1.165, 1.54) is 12.8 Å². The van der Waals surface area contributed by atoms with Gasteiger partial charge in [-0.1, -0.05) is 26.7 Å². The van der Waals surface area contributed by atoms with Crippen molar-refractivity contribution in [1.29, 1.82) is 0 Å². The zero-order valence-corrected chi connectivity index (χ0v) is 6.89. The molecule has 0 rings (SSSR count). The summed E-state index contributed by atoms with van der Waals surface area (Å²) in [5.41, 5.74) is 0. The van der Waals surface area contributed by atoms with Gasteiger partial charge in [-0.25, -0.2) is 0 Å². The van der Waals surface area contributed by atoms with Crippen LogP contribution in [0.2, 0.25) is 0 Å². The number of carbonyl (C=O) groups excluding carboxylic acids is 1. The molecule has 0 aromatic rings. The number of carbonyl (C=O) groups is 1. The summed E-state index contributed by atoms with van der Waals surface area (Å²) in [6.45, 7) is 5.23. The Balaban J connectivity index is 3.04. The quantitative estimate of drug-likeness (QED) is 0.443. The minimum Gasteiger partial charge on any atom is -0.359 e. The smallest absolute Gasteiger partial charge is 0.207 e. The lowest BCUT2D eigenvalue weighted by Crippen LogP contribution is -2.14. The fraction of sp³-hybridized carbons (Fsp3) is 0.875. The lowest BCUT2D eigenvalue weighted by atomic mass is 10.0. The minimum atomic E-state index is 0.748. The van der Waals surface area contributed by atoms with Gasteiger partial charge < -0.3 is 5.32 Å². The summed E-state index contributed by atoms with van der Waals surface area (Å²) in [7, 11) is 0. The molecule has 0 heterocycles. The zero-order valence-electron chi connectivity index (χ0n) is 6.89. The molecule has 0 saturated heterocycles. The highest BCUT2D eigenvalue weighted by Gasteiger charge is 1.97. The molecular formula is C8H17NO. The van der Waals surface area contributed by atoms with E-state index >= 15 is 0 Å². The van der Waals surface area contributed by atoms with Crippen molar-refractivity contribution >= 4 is 6.41 Å². The third-order valence-electron chi connectivity index (χ3n) is 1.65. The van der Waals surface area contributed by atoms with E-state index in [1.54, 1.807) is 0 Å². The molecule has 0 aromatic carbocycles. The Morgan fingerprint density at radius 1 is 1.50 bits per heavy atom. The first kappa shape index (κ1) is 9.47. The molecule has 1 amide bonds. The van der Waals surface area contributed by atoms with Crippen molar-refractivity contribution in [3.8, 4) is 0 Å². The second-order valence-corrected chi connectivity index (χ2v) is 2.75. The van der Waals surface area contributed by atoms with Gasteiger partial charge in [-0.15, -0.1) is 0 Å². The summed E-state index contributed by atoms with van der Waals surface area (Å²) in [6, 6.07) is 0. The highest BCUT2D eigenvalue weighted by Crippen LogP contribution is 2.07. The number of amides is 1. The maximum Gasteiger partial charge on any atom is 0.207 e. The molecule has 60 valence electrons. The van der Waals surface area contributed by atoms with Crippen LogP contribution in [0.3, 0.4) is 0 Å². The van der Waals surface area contributed by atoms with Gasteiger partial charge in [0.2, 0.25) is 6.41 Å². The molecule has 0 saturated carbocycles. The molecule has 0 fully saturated rings. The van der Waals surface area contributed by atoms with Gasteiger partial charge in [0.15, 0.2) is 0 Å². The molecule has 0 bridgehead atoms. The van der Waals surface area contributed by atoms with Gasteiger partial charge in [0.05, 0.1) is 0 Å². The normalized spacial score (nSPS) is 12.6. The molecule has 1 unspecified atom stereocenters. The second kappa shape index (κ2) is 6.59. The lowest BCUT2D eigenvalue weighted by molar-refractivity contribution is -0.109. The number of nitrogens with one attached hydrogen (secondary N) is 1. The Morgan fingerprint density at radius 3 is 2.70 bits per heavy atom. The van der Waals surface area contributed by atoms with Crippen molar-refractivity contribution < 1.29 is 4.79 Å². The van der Waals surface area contributed by atoms with Crippen molar-refractivity contribution in [1.82, 2.24) is 5.32 Å².